The van der Waals surface area contributed by atoms with E-state index in [1.165, 1.54) is 9.36 Å². The SMILES string of the molecule is C=CCO/N=C(\C)c1cccc(OCc2c(C)cccc2-n2nnn(C)c2=O)c1. The van der Waals surface area contributed by atoms with Crippen molar-refractivity contribution in [3.63, 3.8) is 0 Å². The summed E-state index contributed by atoms with van der Waals surface area (Å²) in [5.41, 5.74) is 3.81. The van der Waals surface area contributed by atoms with Crippen molar-refractivity contribution >= 4 is 5.71 Å². The fourth-order valence-corrected chi connectivity index (χ4v) is 2.74. The summed E-state index contributed by atoms with van der Waals surface area (Å²) in [5.74, 6) is 0.682. The second kappa shape index (κ2) is 9.01. The Morgan fingerprint density at radius 2 is 2.03 bits per heavy atom. The second-order valence-electron chi connectivity index (χ2n) is 6.45. The summed E-state index contributed by atoms with van der Waals surface area (Å²) in [5, 5.41) is 11.8. The van der Waals surface area contributed by atoms with Gasteiger partial charge in [-0.05, 0) is 48.0 Å². The molecule has 0 spiro atoms. The highest BCUT2D eigenvalue weighted by Crippen LogP contribution is 2.21. The third-order valence-corrected chi connectivity index (χ3v) is 4.36. The highest BCUT2D eigenvalue weighted by atomic mass is 16.6. The van der Waals surface area contributed by atoms with Gasteiger partial charge in [-0.1, -0.05) is 42.1 Å². The monoisotopic (exact) mass is 393 g/mol. The normalized spacial score (nSPS) is 11.3. The molecule has 0 amide bonds. The lowest BCUT2D eigenvalue weighted by Crippen LogP contribution is -2.23. The molecule has 0 atom stereocenters. The van der Waals surface area contributed by atoms with Gasteiger partial charge in [0.05, 0.1) is 11.4 Å². The summed E-state index contributed by atoms with van der Waals surface area (Å²) in [6.07, 6.45) is 1.64. The zero-order chi connectivity index (χ0) is 20.8. The molecule has 29 heavy (non-hydrogen) atoms. The van der Waals surface area contributed by atoms with Crippen LogP contribution in [0.5, 0.6) is 5.75 Å². The predicted molar refractivity (Wildman–Crippen MR) is 110 cm³/mol. The molecule has 2 aromatic carbocycles. The first kappa shape index (κ1) is 20.1. The molecular weight excluding hydrogens is 370 g/mol. The van der Waals surface area contributed by atoms with Gasteiger partial charge in [-0.2, -0.15) is 9.36 Å². The predicted octanol–water partition coefficient (Wildman–Crippen LogP) is 2.78. The van der Waals surface area contributed by atoms with Crippen LogP contribution in [0.2, 0.25) is 0 Å². The van der Waals surface area contributed by atoms with Gasteiger partial charge in [0.25, 0.3) is 0 Å². The Labute approximate surface area is 168 Å². The van der Waals surface area contributed by atoms with Crippen molar-refractivity contribution in [2.24, 2.45) is 12.2 Å². The van der Waals surface area contributed by atoms with E-state index in [0.717, 1.165) is 22.4 Å². The van der Waals surface area contributed by atoms with Crippen molar-refractivity contribution in [1.29, 1.82) is 0 Å². The summed E-state index contributed by atoms with van der Waals surface area (Å²) in [6.45, 7) is 8.05. The molecule has 0 saturated carbocycles. The number of aromatic nitrogens is 4. The number of aryl methyl sites for hydroxylation is 2. The maximum absolute atomic E-state index is 12.3. The van der Waals surface area contributed by atoms with E-state index >= 15 is 0 Å². The number of hydrogen-bond donors (Lipinski definition) is 0. The summed E-state index contributed by atoms with van der Waals surface area (Å²) in [7, 11) is 1.56. The zero-order valence-electron chi connectivity index (χ0n) is 16.7. The first-order valence-corrected chi connectivity index (χ1v) is 9.10. The number of nitrogens with zero attached hydrogens (tertiary/aromatic N) is 5. The number of oxime groups is 1. The van der Waals surface area contributed by atoms with Gasteiger partial charge in [0.2, 0.25) is 0 Å². The average Bonchev–Trinajstić information content (AvgIpc) is 3.05. The molecule has 150 valence electrons. The maximum atomic E-state index is 12.3. The van der Waals surface area contributed by atoms with Crippen LogP contribution in [0.1, 0.15) is 23.6 Å². The molecule has 0 bridgehead atoms. The molecule has 0 aliphatic carbocycles. The fourth-order valence-electron chi connectivity index (χ4n) is 2.74. The van der Waals surface area contributed by atoms with Crippen LogP contribution in [0.25, 0.3) is 5.69 Å². The van der Waals surface area contributed by atoms with Crippen molar-refractivity contribution in [3.05, 3.63) is 82.3 Å². The maximum Gasteiger partial charge on any atom is 0.368 e. The number of hydrogen-bond acceptors (Lipinski definition) is 6. The first-order valence-electron chi connectivity index (χ1n) is 9.10. The van der Waals surface area contributed by atoms with E-state index < -0.39 is 0 Å². The van der Waals surface area contributed by atoms with Crippen LogP contribution in [0.4, 0.5) is 0 Å². The van der Waals surface area contributed by atoms with Crippen LogP contribution < -0.4 is 10.4 Å². The van der Waals surface area contributed by atoms with Gasteiger partial charge in [0.15, 0.2) is 0 Å². The van der Waals surface area contributed by atoms with Crippen LogP contribution in [-0.4, -0.2) is 32.1 Å². The standard InChI is InChI=1S/C21H23N5O3/c1-5-12-29-22-16(3)17-9-7-10-18(13-17)28-14-19-15(2)8-6-11-20(19)26-21(27)25(4)23-24-26/h5-11,13H,1,12,14H2,2-4H3/b22-16+. The fraction of sp³-hybridized carbons (Fsp3) is 0.238. The topological polar surface area (TPSA) is 83.5 Å². The molecule has 0 aliphatic heterocycles. The molecule has 0 fully saturated rings. The molecule has 8 nitrogen and oxygen atoms in total. The van der Waals surface area contributed by atoms with Gasteiger partial charge < -0.3 is 9.57 Å². The molecule has 0 unspecified atom stereocenters. The van der Waals surface area contributed by atoms with Gasteiger partial charge in [-0.3, -0.25) is 0 Å². The quantitative estimate of drug-likeness (QED) is 0.254. The Morgan fingerprint density at radius 1 is 1.24 bits per heavy atom. The molecular formula is C21H23N5O3. The van der Waals surface area contributed by atoms with E-state index in [2.05, 4.69) is 22.2 Å². The molecule has 1 aromatic heterocycles. The zero-order valence-corrected chi connectivity index (χ0v) is 16.7. The Kier molecular flexibility index (Phi) is 6.23. The molecule has 0 aliphatic rings. The van der Waals surface area contributed by atoms with Crippen molar-refractivity contribution < 1.29 is 9.57 Å². The molecule has 0 N–H and O–H groups in total. The summed E-state index contributed by atoms with van der Waals surface area (Å²) >= 11 is 0. The number of tetrazole rings is 1. The van der Waals surface area contributed by atoms with E-state index in [1.807, 2.05) is 56.3 Å². The van der Waals surface area contributed by atoms with Crippen LogP contribution in [-0.2, 0) is 18.5 Å². The van der Waals surface area contributed by atoms with Crippen molar-refractivity contribution in [1.82, 2.24) is 19.8 Å². The minimum atomic E-state index is -0.315. The van der Waals surface area contributed by atoms with Gasteiger partial charge in [-0.15, -0.1) is 0 Å². The first-order chi connectivity index (χ1) is 14.0. The molecule has 0 radical (unpaired) electrons. The third-order valence-electron chi connectivity index (χ3n) is 4.36. The van der Waals surface area contributed by atoms with Gasteiger partial charge in [-0.25, -0.2) is 4.79 Å². The Bertz CT molecular complexity index is 1100. The number of ether oxygens (including phenoxy) is 1. The lowest BCUT2D eigenvalue weighted by molar-refractivity contribution is 0.175. The minimum Gasteiger partial charge on any atom is -0.489 e. The molecule has 3 aromatic rings. The van der Waals surface area contributed by atoms with Crippen LogP contribution >= 0.6 is 0 Å². The van der Waals surface area contributed by atoms with Gasteiger partial charge in [0.1, 0.15) is 19.0 Å². The van der Waals surface area contributed by atoms with Crippen molar-refractivity contribution in [3.8, 4) is 11.4 Å². The highest BCUT2D eigenvalue weighted by Gasteiger charge is 2.13. The van der Waals surface area contributed by atoms with E-state index in [9.17, 15) is 4.79 Å². The third kappa shape index (κ3) is 4.60. The summed E-state index contributed by atoms with van der Waals surface area (Å²) in [4.78, 5) is 17.4. The van der Waals surface area contributed by atoms with E-state index in [1.54, 1.807) is 13.1 Å². The highest BCUT2D eigenvalue weighted by molar-refractivity contribution is 5.98. The number of rotatable bonds is 8. The number of benzene rings is 2. The molecule has 1 heterocycles. The van der Waals surface area contributed by atoms with E-state index in [0.29, 0.717) is 18.0 Å². The van der Waals surface area contributed by atoms with Gasteiger partial charge in [0, 0.05) is 18.2 Å². The summed E-state index contributed by atoms with van der Waals surface area (Å²) < 4.78 is 8.48. The lowest BCUT2D eigenvalue weighted by Gasteiger charge is -2.13. The molecule has 0 saturated heterocycles. The average molecular weight is 393 g/mol. The minimum absolute atomic E-state index is 0.275. The Hall–Kier alpha value is -3.68. The second-order valence-corrected chi connectivity index (χ2v) is 6.45. The van der Waals surface area contributed by atoms with Gasteiger partial charge >= 0.3 is 5.69 Å². The molecule has 3 rings (SSSR count). The Morgan fingerprint density at radius 3 is 2.76 bits per heavy atom. The van der Waals surface area contributed by atoms with Crippen LogP contribution in [0, 0.1) is 6.92 Å². The van der Waals surface area contributed by atoms with Crippen LogP contribution in [0.15, 0.2) is 65.1 Å². The van der Waals surface area contributed by atoms with E-state index in [4.69, 9.17) is 9.57 Å². The van der Waals surface area contributed by atoms with Crippen molar-refractivity contribution in [2.75, 3.05) is 6.61 Å². The smallest absolute Gasteiger partial charge is 0.368 e. The lowest BCUT2D eigenvalue weighted by atomic mass is 10.1. The van der Waals surface area contributed by atoms with Crippen LogP contribution in [0.3, 0.4) is 0 Å². The largest absolute Gasteiger partial charge is 0.489 e. The Balaban J connectivity index is 1.83. The van der Waals surface area contributed by atoms with E-state index in [-0.39, 0.29) is 12.3 Å². The summed E-state index contributed by atoms with van der Waals surface area (Å²) in [6, 6.07) is 13.2. The molecule has 8 heteroatoms. The van der Waals surface area contributed by atoms with Crippen molar-refractivity contribution in [2.45, 2.75) is 20.5 Å².